The highest BCUT2D eigenvalue weighted by molar-refractivity contribution is 5.87. The molecule has 0 N–H and O–H groups in total. The number of ether oxygens (including phenoxy) is 3. The summed E-state index contributed by atoms with van der Waals surface area (Å²) in [6.45, 7) is 2.93. The topological polar surface area (TPSA) is 70.5 Å². The molecule has 6 heteroatoms. The predicted octanol–water partition coefficient (Wildman–Crippen LogP) is 0.987. The van der Waals surface area contributed by atoms with Crippen LogP contribution < -0.4 is 4.74 Å². The number of methoxy groups -OCH3 is 2. The largest absolute Gasteiger partial charge is 0.476 e. The van der Waals surface area contributed by atoms with E-state index < -0.39 is 5.97 Å². The van der Waals surface area contributed by atoms with E-state index in [-0.39, 0.29) is 5.69 Å². The monoisotopic (exact) mass is 240 g/mol. The fourth-order valence-electron chi connectivity index (χ4n) is 1.19. The van der Waals surface area contributed by atoms with Crippen LogP contribution in [0.15, 0.2) is 6.07 Å². The van der Waals surface area contributed by atoms with Crippen molar-refractivity contribution >= 4 is 5.97 Å². The third-order valence-electron chi connectivity index (χ3n) is 2.07. The first-order valence-corrected chi connectivity index (χ1v) is 5.23. The van der Waals surface area contributed by atoms with E-state index in [0.29, 0.717) is 19.1 Å². The number of carbonyl (C=O) groups is 1. The number of esters is 1. The molecule has 6 nitrogen and oxygen atoms in total. The number of hydrogen-bond acceptors (Lipinski definition) is 6. The van der Waals surface area contributed by atoms with Crippen LogP contribution in [0.3, 0.4) is 0 Å². The van der Waals surface area contributed by atoms with E-state index in [2.05, 4.69) is 14.9 Å². The number of hydrogen-bond donors (Lipinski definition) is 0. The molecule has 1 aromatic heterocycles. The lowest BCUT2D eigenvalue weighted by Gasteiger charge is -2.07. The Bertz CT molecular complexity index is 382. The van der Waals surface area contributed by atoms with Crippen LogP contribution >= 0.6 is 0 Å². The van der Waals surface area contributed by atoms with Gasteiger partial charge in [-0.15, -0.1) is 10.2 Å². The standard InChI is InChI=1S/C11H16N2O4/c1-8-7-9(11(14)16-3)12-13-10(8)17-6-4-5-15-2/h7H,4-6H2,1-3H3. The zero-order valence-electron chi connectivity index (χ0n) is 10.2. The van der Waals surface area contributed by atoms with Gasteiger partial charge in [0.15, 0.2) is 5.69 Å². The van der Waals surface area contributed by atoms with Crippen LogP contribution in [0.4, 0.5) is 0 Å². The molecule has 0 bridgehead atoms. The molecule has 1 aromatic rings. The number of carbonyl (C=O) groups excluding carboxylic acids is 1. The first-order valence-electron chi connectivity index (χ1n) is 5.23. The second kappa shape index (κ2) is 6.80. The molecule has 0 saturated carbocycles. The van der Waals surface area contributed by atoms with Crippen LogP contribution in [-0.2, 0) is 9.47 Å². The molecule has 1 heterocycles. The molecule has 0 radical (unpaired) electrons. The Morgan fingerprint density at radius 1 is 1.29 bits per heavy atom. The molecule has 0 aliphatic heterocycles. The van der Waals surface area contributed by atoms with Gasteiger partial charge in [0.2, 0.25) is 5.88 Å². The smallest absolute Gasteiger partial charge is 0.358 e. The summed E-state index contributed by atoms with van der Waals surface area (Å²) in [5.74, 6) is -0.0831. The van der Waals surface area contributed by atoms with Gasteiger partial charge in [0, 0.05) is 25.7 Å². The second-order valence-electron chi connectivity index (χ2n) is 3.40. The highest BCUT2D eigenvalue weighted by Gasteiger charge is 2.11. The average Bonchev–Trinajstić information content (AvgIpc) is 2.35. The Balaban J connectivity index is 2.60. The molecule has 0 aromatic carbocycles. The highest BCUT2D eigenvalue weighted by Crippen LogP contribution is 2.14. The highest BCUT2D eigenvalue weighted by atomic mass is 16.5. The maximum absolute atomic E-state index is 11.2. The molecule has 0 amide bonds. The molecule has 0 saturated heterocycles. The minimum absolute atomic E-state index is 0.175. The molecule has 0 fully saturated rings. The number of rotatable bonds is 6. The van der Waals surface area contributed by atoms with Crippen molar-refractivity contribution in [3.63, 3.8) is 0 Å². The van der Waals surface area contributed by atoms with E-state index in [0.717, 1.165) is 12.0 Å². The van der Waals surface area contributed by atoms with Crippen molar-refractivity contribution in [1.29, 1.82) is 0 Å². The minimum atomic E-state index is -0.508. The zero-order chi connectivity index (χ0) is 12.7. The van der Waals surface area contributed by atoms with E-state index >= 15 is 0 Å². The van der Waals surface area contributed by atoms with Gasteiger partial charge < -0.3 is 14.2 Å². The van der Waals surface area contributed by atoms with Crippen LogP contribution in [0.5, 0.6) is 5.88 Å². The summed E-state index contributed by atoms with van der Waals surface area (Å²) in [4.78, 5) is 11.2. The second-order valence-corrected chi connectivity index (χ2v) is 3.40. The lowest BCUT2D eigenvalue weighted by atomic mass is 10.3. The third-order valence-corrected chi connectivity index (χ3v) is 2.07. The molecule has 0 unspecified atom stereocenters. The van der Waals surface area contributed by atoms with Crippen molar-refractivity contribution in [2.24, 2.45) is 0 Å². The lowest BCUT2D eigenvalue weighted by Crippen LogP contribution is -2.09. The van der Waals surface area contributed by atoms with Crippen LogP contribution in [0.1, 0.15) is 22.5 Å². The van der Waals surface area contributed by atoms with Gasteiger partial charge in [-0.05, 0) is 13.0 Å². The van der Waals surface area contributed by atoms with Crippen molar-refractivity contribution in [1.82, 2.24) is 10.2 Å². The van der Waals surface area contributed by atoms with Gasteiger partial charge in [0.05, 0.1) is 13.7 Å². The Labute approximate surface area is 99.9 Å². The van der Waals surface area contributed by atoms with Gasteiger partial charge in [-0.1, -0.05) is 0 Å². The van der Waals surface area contributed by atoms with Crippen LogP contribution in [0.25, 0.3) is 0 Å². The molecular weight excluding hydrogens is 224 g/mol. The number of nitrogens with zero attached hydrogens (tertiary/aromatic N) is 2. The molecule has 17 heavy (non-hydrogen) atoms. The van der Waals surface area contributed by atoms with E-state index in [1.54, 1.807) is 20.1 Å². The molecule has 0 atom stereocenters. The van der Waals surface area contributed by atoms with Gasteiger partial charge in [0.1, 0.15) is 0 Å². The Hall–Kier alpha value is -1.69. The van der Waals surface area contributed by atoms with Crippen molar-refractivity contribution in [2.45, 2.75) is 13.3 Å². The molecule has 94 valence electrons. The summed E-state index contributed by atoms with van der Waals surface area (Å²) in [5.41, 5.74) is 0.923. The first-order chi connectivity index (χ1) is 8.19. The Morgan fingerprint density at radius 3 is 2.65 bits per heavy atom. The quantitative estimate of drug-likeness (QED) is 0.545. The van der Waals surface area contributed by atoms with Crippen LogP contribution in [0.2, 0.25) is 0 Å². The summed E-state index contributed by atoms with van der Waals surface area (Å²) in [6, 6.07) is 1.59. The molecule has 1 rings (SSSR count). The summed E-state index contributed by atoms with van der Waals surface area (Å²) in [5, 5.41) is 7.56. The van der Waals surface area contributed by atoms with Gasteiger partial charge in [-0.2, -0.15) is 0 Å². The van der Waals surface area contributed by atoms with Gasteiger partial charge in [-0.25, -0.2) is 4.79 Å². The van der Waals surface area contributed by atoms with E-state index in [1.807, 2.05) is 0 Å². The normalized spacial score (nSPS) is 10.1. The average molecular weight is 240 g/mol. The summed E-state index contributed by atoms with van der Waals surface area (Å²) >= 11 is 0. The van der Waals surface area contributed by atoms with Gasteiger partial charge in [-0.3, -0.25) is 0 Å². The third kappa shape index (κ3) is 3.99. The zero-order valence-corrected chi connectivity index (χ0v) is 10.2. The molecular formula is C11H16N2O4. The fraction of sp³-hybridized carbons (Fsp3) is 0.545. The van der Waals surface area contributed by atoms with E-state index in [4.69, 9.17) is 9.47 Å². The van der Waals surface area contributed by atoms with Gasteiger partial charge >= 0.3 is 5.97 Å². The maximum Gasteiger partial charge on any atom is 0.358 e. The molecule has 0 spiro atoms. The Kier molecular flexibility index (Phi) is 5.35. The summed E-state index contributed by atoms with van der Waals surface area (Å²) in [6.07, 6.45) is 0.774. The van der Waals surface area contributed by atoms with E-state index in [9.17, 15) is 4.79 Å². The summed E-state index contributed by atoms with van der Waals surface area (Å²) in [7, 11) is 2.94. The Morgan fingerprint density at radius 2 is 2.06 bits per heavy atom. The maximum atomic E-state index is 11.2. The number of aromatic nitrogens is 2. The van der Waals surface area contributed by atoms with Crippen molar-refractivity contribution in [3.05, 3.63) is 17.3 Å². The van der Waals surface area contributed by atoms with E-state index in [1.165, 1.54) is 7.11 Å². The minimum Gasteiger partial charge on any atom is -0.476 e. The van der Waals surface area contributed by atoms with Gasteiger partial charge in [0.25, 0.3) is 0 Å². The van der Waals surface area contributed by atoms with Crippen LogP contribution in [0, 0.1) is 6.92 Å². The van der Waals surface area contributed by atoms with Crippen molar-refractivity contribution in [2.75, 3.05) is 27.4 Å². The molecule has 0 aliphatic carbocycles. The van der Waals surface area contributed by atoms with Crippen LogP contribution in [-0.4, -0.2) is 43.6 Å². The van der Waals surface area contributed by atoms with Crippen molar-refractivity contribution < 1.29 is 19.0 Å². The summed E-state index contributed by atoms with van der Waals surface area (Å²) < 4.78 is 14.8. The number of aryl methyl sites for hydroxylation is 1. The SMILES string of the molecule is COCCCOc1nnc(C(=O)OC)cc1C. The predicted molar refractivity (Wildman–Crippen MR) is 60.1 cm³/mol. The van der Waals surface area contributed by atoms with Crippen molar-refractivity contribution in [3.8, 4) is 5.88 Å². The fourth-order valence-corrected chi connectivity index (χ4v) is 1.19. The molecule has 0 aliphatic rings. The first kappa shape index (κ1) is 13.4. The lowest BCUT2D eigenvalue weighted by molar-refractivity contribution is 0.0592.